The number of hydrogen-bond acceptors (Lipinski definition) is 13. The lowest BCUT2D eigenvalue weighted by molar-refractivity contribution is -0.119. The van der Waals surface area contributed by atoms with Crippen LogP contribution in [0.4, 0.5) is 11.6 Å². The number of carbonyl (C=O) groups is 1. The predicted molar refractivity (Wildman–Crippen MR) is 187 cm³/mol. The number of ether oxygens (including phenoxy) is 1. The van der Waals surface area contributed by atoms with Crippen LogP contribution in [0.3, 0.4) is 0 Å². The van der Waals surface area contributed by atoms with E-state index in [1.165, 1.54) is 5.56 Å². The molecule has 0 saturated carbocycles. The van der Waals surface area contributed by atoms with Crippen molar-refractivity contribution < 1.29 is 35.1 Å². The second kappa shape index (κ2) is 20.4. The minimum absolute atomic E-state index is 0.0380. The van der Waals surface area contributed by atoms with Crippen LogP contribution < -0.4 is 27.3 Å². The fraction of sp³-hybridized carbons (Fsp3) is 0.455. The molecule has 4 atom stereocenters. The zero-order valence-corrected chi connectivity index (χ0v) is 28.0. The maximum absolute atomic E-state index is 12.3. The number of amides is 1. The molecule has 0 fully saturated rings. The number of guanidine groups is 1. The zero-order valence-electron chi connectivity index (χ0n) is 27.2. The van der Waals surface area contributed by atoms with Crippen molar-refractivity contribution in [3.63, 3.8) is 0 Å². The van der Waals surface area contributed by atoms with Gasteiger partial charge in [0.05, 0.1) is 12.7 Å². The van der Waals surface area contributed by atoms with Gasteiger partial charge in [0.25, 0.3) is 5.91 Å². The molecule has 12 N–H and O–H groups in total. The van der Waals surface area contributed by atoms with E-state index in [9.17, 15) is 25.2 Å². The molecule has 0 unspecified atom stereocenters. The van der Waals surface area contributed by atoms with Crippen molar-refractivity contribution in [2.75, 3.05) is 50.9 Å². The number of aromatic nitrogens is 2. The number of unbranched alkanes of at least 4 members (excludes halogenated alkanes) is 1. The van der Waals surface area contributed by atoms with E-state index in [0.29, 0.717) is 32.0 Å². The monoisotopic (exact) mass is 702 g/mol. The van der Waals surface area contributed by atoms with Gasteiger partial charge < -0.3 is 47.5 Å². The minimum atomic E-state index is -1.68. The van der Waals surface area contributed by atoms with Crippen LogP contribution in [0.5, 0.6) is 5.75 Å². The zero-order chi connectivity index (χ0) is 35.8. The Hall–Kier alpha value is -4.09. The van der Waals surface area contributed by atoms with E-state index < -0.39 is 36.9 Å². The highest BCUT2D eigenvalue weighted by Gasteiger charge is 2.31. The highest BCUT2D eigenvalue weighted by atomic mass is 35.5. The van der Waals surface area contributed by atoms with Crippen molar-refractivity contribution in [3.05, 3.63) is 76.6 Å². The van der Waals surface area contributed by atoms with Gasteiger partial charge in [-0.3, -0.25) is 20.0 Å². The molecule has 1 amide bonds. The lowest BCUT2D eigenvalue weighted by Crippen LogP contribution is -2.50. The van der Waals surface area contributed by atoms with Crippen molar-refractivity contribution in [2.45, 2.75) is 56.5 Å². The Balaban J connectivity index is 1.42. The Morgan fingerprint density at radius 2 is 1.53 bits per heavy atom. The number of nitrogen functional groups attached to an aromatic ring is 2. The van der Waals surface area contributed by atoms with E-state index in [-0.39, 0.29) is 35.0 Å². The Morgan fingerprint density at radius 3 is 2.22 bits per heavy atom. The fourth-order valence-corrected chi connectivity index (χ4v) is 5.02. The van der Waals surface area contributed by atoms with E-state index >= 15 is 0 Å². The molecule has 2 aromatic carbocycles. The Kier molecular flexibility index (Phi) is 16.4. The first-order chi connectivity index (χ1) is 23.5. The average molecular weight is 703 g/mol. The average Bonchev–Trinajstić information content (AvgIpc) is 3.09. The van der Waals surface area contributed by atoms with E-state index in [1.54, 1.807) is 0 Å². The number of carbonyl (C=O) groups excluding carboxylic acids is 1. The molecule has 0 aliphatic heterocycles. The molecule has 49 heavy (non-hydrogen) atoms. The summed E-state index contributed by atoms with van der Waals surface area (Å²) in [6.07, 6.45) is -2.27. The molecule has 15 nitrogen and oxygen atoms in total. The molecular weight excluding hydrogens is 656 g/mol. The first-order valence-electron chi connectivity index (χ1n) is 16.0. The van der Waals surface area contributed by atoms with Gasteiger partial charge in [0.2, 0.25) is 0 Å². The molecule has 0 aliphatic rings. The summed E-state index contributed by atoms with van der Waals surface area (Å²) in [5, 5.41) is 51.9. The number of anilines is 2. The summed E-state index contributed by atoms with van der Waals surface area (Å²) in [6.45, 7) is 1.05. The van der Waals surface area contributed by atoms with Crippen molar-refractivity contribution in [1.82, 2.24) is 20.2 Å². The summed E-state index contributed by atoms with van der Waals surface area (Å²) < 4.78 is 5.95. The summed E-state index contributed by atoms with van der Waals surface area (Å²) in [5.41, 5.74) is 19.1. The van der Waals surface area contributed by atoms with Crippen LogP contribution in [-0.2, 0) is 12.8 Å². The molecule has 3 aromatic rings. The summed E-state index contributed by atoms with van der Waals surface area (Å²) in [5.74, 6) is -0.363. The molecule has 3 rings (SSSR count). The molecule has 0 bridgehead atoms. The van der Waals surface area contributed by atoms with Crippen LogP contribution in [0.15, 0.2) is 59.6 Å². The first kappa shape index (κ1) is 39.3. The highest BCUT2D eigenvalue weighted by Crippen LogP contribution is 2.18. The molecule has 16 heteroatoms. The lowest BCUT2D eigenvalue weighted by Gasteiger charge is -2.30. The van der Waals surface area contributed by atoms with Crippen molar-refractivity contribution >= 4 is 35.1 Å². The Bertz CT molecular complexity index is 1470. The summed E-state index contributed by atoms with van der Waals surface area (Å²) >= 11 is 5.81. The third kappa shape index (κ3) is 13.4. The Morgan fingerprint density at radius 1 is 0.878 bits per heavy atom. The van der Waals surface area contributed by atoms with E-state index in [2.05, 4.69) is 20.3 Å². The minimum Gasteiger partial charge on any atom is -0.492 e. The molecule has 0 saturated heterocycles. The standard InChI is InChI=1S/C33H47ClN8O7/c34-29-31(36)40-30(35)26(39-29)32(48)41-33(37)38-15-5-4-9-22-11-13-23(14-12-22)49-18-17-42(16-6-10-21-7-2-1-3-8-21)19-24(44)27(46)28(47)25(45)20-43/h1-3,7-8,11-14,24-25,27-28,43-47H,4-6,9-10,15-20H2,(H4,35,36,40)(H3,37,38,41,48)/t24-,25+,27+,28+/m1/s1. The van der Waals surface area contributed by atoms with Gasteiger partial charge in [0.1, 0.15) is 30.7 Å². The quantitative estimate of drug-likeness (QED) is 0.0431. The van der Waals surface area contributed by atoms with E-state index in [4.69, 9.17) is 38.6 Å². The van der Waals surface area contributed by atoms with Gasteiger partial charge in [-0.05, 0) is 61.9 Å². The molecule has 268 valence electrons. The number of benzene rings is 2. The SMILES string of the molecule is NC(=NCCCCc1ccc(OCCN(CCCc2ccccc2)C[C@@H](O)[C@H](O)[C@@H](O)[C@@H](O)CO)cc1)NC(=O)c1nc(Cl)c(N)nc1N. The number of hydrogen-bond donors (Lipinski definition) is 9. The largest absolute Gasteiger partial charge is 0.492 e. The third-order valence-corrected chi connectivity index (χ3v) is 7.95. The van der Waals surface area contributed by atoms with Crippen molar-refractivity contribution in [1.29, 1.82) is 0 Å². The van der Waals surface area contributed by atoms with Crippen molar-refractivity contribution in [2.24, 2.45) is 10.7 Å². The van der Waals surface area contributed by atoms with Gasteiger partial charge in [-0.25, -0.2) is 9.97 Å². The molecular formula is C33H47ClN8O7. The summed E-state index contributed by atoms with van der Waals surface area (Å²) in [7, 11) is 0. The van der Waals surface area contributed by atoms with Crippen LogP contribution in [0.2, 0.25) is 5.15 Å². The van der Waals surface area contributed by atoms with Gasteiger partial charge in [-0.15, -0.1) is 0 Å². The number of aliphatic hydroxyl groups excluding tert-OH is 5. The molecule has 1 heterocycles. The van der Waals surface area contributed by atoms with Gasteiger partial charge in [0.15, 0.2) is 28.4 Å². The molecule has 1 aromatic heterocycles. The number of halogens is 1. The summed E-state index contributed by atoms with van der Waals surface area (Å²) in [4.78, 5) is 26.0. The molecule has 0 radical (unpaired) electrons. The van der Waals surface area contributed by atoms with Crippen LogP contribution in [0.25, 0.3) is 0 Å². The Labute approximate surface area is 290 Å². The number of nitrogens with one attached hydrogen (secondary N) is 1. The normalized spacial score (nSPS) is 14.3. The molecule has 0 aliphatic carbocycles. The lowest BCUT2D eigenvalue weighted by atomic mass is 10.0. The van der Waals surface area contributed by atoms with Gasteiger partial charge in [-0.2, -0.15) is 0 Å². The first-order valence-corrected chi connectivity index (χ1v) is 16.4. The number of aliphatic imine (C=N–C) groups is 1. The number of rotatable bonds is 20. The van der Waals surface area contributed by atoms with Gasteiger partial charge in [-0.1, -0.05) is 54.1 Å². The topological polar surface area (TPSA) is 259 Å². The second-order valence-electron chi connectivity index (χ2n) is 11.5. The van der Waals surface area contributed by atoms with Gasteiger partial charge >= 0.3 is 0 Å². The molecule has 0 spiro atoms. The highest BCUT2D eigenvalue weighted by molar-refractivity contribution is 6.31. The van der Waals surface area contributed by atoms with Crippen LogP contribution in [-0.4, -0.2) is 116 Å². The maximum Gasteiger partial charge on any atom is 0.280 e. The maximum atomic E-state index is 12.3. The summed E-state index contributed by atoms with van der Waals surface area (Å²) in [6, 6.07) is 17.7. The number of nitrogens with zero attached hydrogens (tertiary/aromatic N) is 4. The second-order valence-corrected chi connectivity index (χ2v) is 11.9. The smallest absolute Gasteiger partial charge is 0.280 e. The van der Waals surface area contributed by atoms with Crippen molar-refractivity contribution in [3.8, 4) is 5.75 Å². The predicted octanol–water partition coefficient (Wildman–Crippen LogP) is 0.111. The number of aliphatic hydroxyl groups is 5. The van der Waals surface area contributed by atoms with E-state index in [1.807, 2.05) is 59.5 Å². The number of nitrogens with two attached hydrogens (primary N) is 3. The van der Waals surface area contributed by atoms with Crippen LogP contribution in [0, 0.1) is 0 Å². The fourth-order valence-electron chi connectivity index (χ4n) is 4.89. The van der Waals surface area contributed by atoms with Crippen LogP contribution in [0.1, 0.15) is 40.9 Å². The van der Waals surface area contributed by atoms with Crippen LogP contribution >= 0.6 is 11.6 Å². The van der Waals surface area contributed by atoms with E-state index in [0.717, 1.165) is 37.7 Å². The van der Waals surface area contributed by atoms with Gasteiger partial charge in [0, 0.05) is 19.6 Å². The third-order valence-electron chi connectivity index (χ3n) is 7.67. The number of aryl methyl sites for hydroxylation is 2.